The van der Waals surface area contributed by atoms with E-state index >= 15 is 0 Å². The molecule has 2 heterocycles. The summed E-state index contributed by atoms with van der Waals surface area (Å²) in [5.41, 5.74) is 7.38. The SMILES string of the molecule is Cn1cc(C(N)CN2CCN(C3CC3)CC2)cn1. The molecule has 18 heavy (non-hydrogen) atoms. The van der Waals surface area contributed by atoms with Crippen LogP contribution in [0.15, 0.2) is 12.4 Å². The van der Waals surface area contributed by atoms with E-state index in [4.69, 9.17) is 5.73 Å². The summed E-state index contributed by atoms with van der Waals surface area (Å²) in [7, 11) is 1.94. The van der Waals surface area contributed by atoms with Gasteiger partial charge in [-0.1, -0.05) is 0 Å². The number of aryl methyl sites for hydroxylation is 1. The fourth-order valence-electron chi connectivity index (χ4n) is 2.77. The molecule has 1 aromatic rings. The third-order valence-corrected chi connectivity index (χ3v) is 4.08. The zero-order valence-corrected chi connectivity index (χ0v) is 11.1. The van der Waals surface area contributed by atoms with Crippen molar-refractivity contribution in [3.8, 4) is 0 Å². The van der Waals surface area contributed by atoms with Gasteiger partial charge in [-0.2, -0.15) is 5.10 Å². The van der Waals surface area contributed by atoms with Gasteiger partial charge in [-0.25, -0.2) is 0 Å². The quantitative estimate of drug-likeness (QED) is 0.828. The lowest BCUT2D eigenvalue weighted by molar-refractivity contribution is 0.121. The number of nitrogens with two attached hydrogens (primary N) is 1. The molecule has 0 bridgehead atoms. The predicted molar refractivity (Wildman–Crippen MR) is 71.2 cm³/mol. The topological polar surface area (TPSA) is 50.3 Å². The lowest BCUT2D eigenvalue weighted by atomic mass is 10.1. The third kappa shape index (κ3) is 2.74. The molecule has 2 fully saturated rings. The van der Waals surface area contributed by atoms with Gasteiger partial charge >= 0.3 is 0 Å². The van der Waals surface area contributed by atoms with Crippen LogP contribution in [0.2, 0.25) is 0 Å². The number of piperazine rings is 1. The minimum atomic E-state index is 0.0891. The van der Waals surface area contributed by atoms with E-state index in [0.717, 1.165) is 31.2 Å². The van der Waals surface area contributed by atoms with Crippen molar-refractivity contribution in [1.29, 1.82) is 0 Å². The van der Waals surface area contributed by atoms with Crippen LogP contribution < -0.4 is 5.73 Å². The van der Waals surface area contributed by atoms with Gasteiger partial charge in [0.25, 0.3) is 0 Å². The summed E-state index contributed by atoms with van der Waals surface area (Å²) in [5.74, 6) is 0. The van der Waals surface area contributed by atoms with Crippen molar-refractivity contribution in [2.45, 2.75) is 24.9 Å². The fraction of sp³-hybridized carbons (Fsp3) is 0.769. The van der Waals surface area contributed by atoms with Crippen LogP contribution in [-0.4, -0.2) is 58.3 Å². The molecule has 0 spiro atoms. The van der Waals surface area contributed by atoms with E-state index in [9.17, 15) is 0 Å². The van der Waals surface area contributed by atoms with Crippen molar-refractivity contribution in [3.63, 3.8) is 0 Å². The number of aromatic nitrogens is 2. The van der Waals surface area contributed by atoms with Gasteiger partial charge in [0, 0.05) is 63.6 Å². The highest BCUT2D eigenvalue weighted by Gasteiger charge is 2.31. The van der Waals surface area contributed by atoms with E-state index in [1.54, 1.807) is 0 Å². The van der Waals surface area contributed by atoms with Gasteiger partial charge < -0.3 is 5.73 Å². The van der Waals surface area contributed by atoms with Gasteiger partial charge in [-0.15, -0.1) is 0 Å². The van der Waals surface area contributed by atoms with Crippen LogP contribution in [0, 0.1) is 0 Å². The molecule has 100 valence electrons. The lowest BCUT2D eigenvalue weighted by Crippen LogP contribution is -2.48. The molecule has 1 aliphatic carbocycles. The molecule has 5 heteroatoms. The van der Waals surface area contributed by atoms with E-state index in [1.807, 2.05) is 24.1 Å². The molecular weight excluding hydrogens is 226 g/mol. The van der Waals surface area contributed by atoms with Crippen LogP contribution in [0.5, 0.6) is 0 Å². The molecule has 2 aliphatic rings. The zero-order chi connectivity index (χ0) is 12.5. The van der Waals surface area contributed by atoms with E-state index in [0.29, 0.717) is 0 Å². The Morgan fingerprint density at radius 1 is 1.33 bits per heavy atom. The maximum atomic E-state index is 6.24. The van der Waals surface area contributed by atoms with Crippen LogP contribution in [-0.2, 0) is 7.05 Å². The first-order valence-corrected chi connectivity index (χ1v) is 6.93. The molecule has 1 aliphatic heterocycles. The second-order valence-electron chi connectivity index (χ2n) is 5.62. The highest BCUT2D eigenvalue weighted by molar-refractivity contribution is 5.10. The van der Waals surface area contributed by atoms with Crippen LogP contribution in [0.25, 0.3) is 0 Å². The Bertz CT molecular complexity index is 390. The van der Waals surface area contributed by atoms with E-state index in [2.05, 4.69) is 14.9 Å². The van der Waals surface area contributed by atoms with Gasteiger partial charge in [0.05, 0.1) is 6.20 Å². The molecule has 0 amide bonds. The third-order valence-electron chi connectivity index (χ3n) is 4.08. The first-order chi connectivity index (χ1) is 8.72. The molecule has 1 atom stereocenters. The summed E-state index contributed by atoms with van der Waals surface area (Å²) in [6.07, 6.45) is 6.72. The van der Waals surface area contributed by atoms with E-state index in [1.165, 1.54) is 25.9 Å². The number of hydrogen-bond acceptors (Lipinski definition) is 4. The summed E-state index contributed by atoms with van der Waals surface area (Å²) in [6, 6.07) is 0.991. The molecule has 0 aromatic carbocycles. The number of rotatable bonds is 4. The van der Waals surface area contributed by atoms with Crippen LogP contribution in [0.3, 0.4) is 0 Å². The first-order valence-electron chi connectivity index (χ1n) is 6.93. The average Bonchev–Trinajstić information content (AvgIpc) is 3.12. The Labute approximate surface area is 109 Å². The largest absolute Gasteiger partial charge is 0.323 e. The van der Waals surface area contributed by atoms with Crippen LogP contribution in [0.1, 0.15) is 24.4 Å². The summed E-state index contributed by atoms with van der Waals surface area (Å²) < 4.78 is 1.82. The van der Waals surface area contributed by atoms with E-state index < -0.39 is 0 Å². The Morgan fingerprint density at radius 3 is 2.61 bits per heavy atom. The minimum absolute atomic E-state index is 0.0891. The fourth-order valence-corrected chi connectivity index (χ4v) is 2.77. The Balaban J connectivity index is 1.48. The molecule has 1 saturated carbocycles. The van der Waals surface area contributed by atoms with Crippen molar-refractivity contribution < 1.29 is 0 Å². The maximum Gasteiger partial charge on any atom is 0.0537 e. The molecule has 5 nitrogen and oxygen atoms in total. The first kappa shape index (κ1) is 12.1. The normalized spacial score (nSPS) is 24.3. The van der Waals surface area contributed by atoms with Gasteiger partial charge in [-0.3, -0.25) is 14.5 Å². The molecule has 1 saturated heterocycles. The smallest absolute Gasteiger partial charge is 0.0537 e. The highest BCUT2D eigenvalue weighted by Crippen LogP contribution is 2.27. The van der Waals surface area contributed by atoms with Crippen molar-refractivity contribution in [2.24, 2.45) is 12.8 Å². The summed E-state index contributed by atoms with van der Waals surface area (Å²) in [6.45, 7) is 5.69. The van der Waals surface area contributed by atoms with Crippen molar-refractivity contribution in [1.82, 2.24) is 19.6 Å². The Kier molecular flexibility index (Phi) is 3.37. The van der Waals surface area contributed by atoms with Crippen molar-refractivity contribution >= 4 is 0 Å². The van der Waals surface area contributed by atoms with Crippen LogP contribution >= 0.6 is 0 Å². The highest BCUT2D eigenvalue weighted by atomic mass is 15.3. The molecule has 2 N–H and O–H groups in total. The van der Waals surface area contributed by atoms with Gasteiger partial charge in [0.15, 0.2) is 0 Å². The van der Waals surface area contributed by atoms with Crippen molar-refractivity contribution in [3.05, 3.63) is 18.0 Å². The monoisotopic (exact) mass is 249 g/mol. The summed E-state index contributed by atoms with van der Waals surface area (Å²) >= 11 is 0. The predicted octanol–water partition coefficient (Wildman–Crippen LogP) is 0.200. The zero-order valence-electron chi connectivity index (χ0n) is 11.1. The number of nitrogens with zero attached hydrogens (tertiary/aromatic N) is 4. The second-order valence-corrected chi connectivity index (χ2v) is 5.62. The Hall–Kier alpha value is -0.910. The second kappa shape index (κ2) is 4.99. The lowest BCUT2D eigenvalue weighted by Gasteiger charge is -2.35. The standard InChI is InChI=1S/C13H23N5/c1-16-9-11(8-15-16)13(14)10-17-4-6-18(7-5-17)12-2-3-12/h8-9,12-13H,2-7,10,14H2,1H3. The summed E-state index contributed by atoms with van der Waals surface area (Å²) in [5, 5.41) is 4.18. The van der Waals surface area contributed by atoms with Gasteiger partial charge in [0.1, 0.15) is 0 Å². The van der Waals surface area contributed by atoms with Crippen molar-refractivity contribution in [2.75, 3.05) is 32.7 Å². The minimum Gasteiger partial charge on any atom is -0.323 e. The molecule has 1 unspecified atom stereocenters. The van der Waals surface area contributed by atoms with Gasteiger partial charge in [0.2, 0.25) is 0 Å². The number of hydrogen-bond donors (Lipinski definition) is 1. The molecule has 0 radical (unpaired) electrons. The maximum absolute atomic E-state index is 6.24. The summed E-state index contributed by atoms with van der Waals surface area (Å²) in [4.78, 5) is 5.11. The molecule has 1 aromatic heterocycles. The van der Waals surface area contributed by atoms with Crippen LogP contribution in [0.4, 0.5) is 0 Å². The molecular formula is C13H23N5. The van der Waals surface area contributed by atoms with Gasteiger partial charge in [-0.05, 0) is 12.8 Å². The Morgan fingerprint density at radius 2 is 2.06 bits per heavy atom. The van der Waals surface area contributed by atoms with E-state index in [-0.39, 0.29) is 6.04 Å². The molecule has 3 rings (SSSR count). The average molecular weight is 249 g/mol.